The van der Waals surface area contributed by atoms with E-state index in [2.05, 4.69) is 25.9 Å². The molecule has 278 valence electrons. The first-order valence-electron chi connectivity index (χ1n) is 17.0. The smallest absolute Gasteiger partial charge is 0.405 e. The molecule has 2 aromatic rings. The number of hydrogen-bond acceptors (Lipinski definition) is 12. The van der Waals surface area contributed by atoms with Gasteiger partial charge in [-0.25, -0.2) is 4.79 Å². The number of nitrogens with zero attached hydrogens (tertiary/aromatic N) is 4. The molecule has 2 bridgehead atoms. The number of aromatic nitrogens is 4. The van der Waals surface area contributed by atoms with Crippen molar-refractivity contribution < 1.29 is 38.5 Å². The van der Waals surface area contributed by atoms with Gasteiger partial charge in [0.2, 0.25) is 11.6 Å². The van der Waals surface area contributed by atoms with Crippen molar-refractivity contribution in [3.63, 3.8) is 0 Å². The van der Waals surface area contributed by atoms with Crippen LogP contribution in [-0.4, -0.2) is 93.8 Å². The van der Waals surface area contributed by atoms with Crippen LogP contribution in [0.15, 0.2) is 89.1 Å². The average molecular weight is 718 g/mol. The van der Waals surface area contributed by atoms with E-state index in [1.807, 2.05) is 19.1 Å². The molecule has 0 spiro atoms. The van der Waals surface area contributed by atoms with Crippen LogP contribution in [0.25, 0.3) is 11.4 Å². The van der Waals surface area contributed by atoms with Crippen LogP contribution in [0.1, 0.15) is 40.5 Å². The Morgan fingerprint density at radius 2 is 1.90 bits per heavy atom. The number of allylic oxidation sites excluding steroid dienone is 4. The zero-order valence-corrected chi connectivity index (χ0v) is 30.2. The lowest BCUT2D eigenvalue weighted by Gasteiger charge is -2.30. The maximum Gasteiger partial charge on any atom is 0.405 e. The molecule has 2 aromatic heterocycles. The summed E-state index contributed by atoms with van der Waals surface area (Å²) < 4.78 is 18.3. The maximum atomic E-state index is 14.0. The normalized spacial score (nSPS) is 27.8. The van der Waals surface area contributed by atoms with E-state index >= 15 is 0 Å². The summed E-state index contributed by atoms with van der Waals surface area (Å²) >= 11 is 0. The van der Waals surface area contributed by atoms with Crippen LogP contribution >= 0.6 is 0 Å². The standard InChI is InChI=1S/C37H47N7O8/c1-21-16-25-32(40-14-15-44-20-28(42-43-44)26-11-7-8-13-39-26)29(45)19-27(34(25)47)41-36(48)22(2)10-9-12-30(50-5)35(52-37(38)49)24(4)18-23(3)33(46)31(17-21)51-6/h7-13,18-21,23,30-31,33,35,40,46H,14-17H2,1-6H3,(H2,38,49)(H,41,48)/b12-9-,22-10+,24-18+/t21-,23+,30+,31+,33-,35+/m1/s1. The van der Waals surface area contributed by atoms with Crippen LogP contribution in [0.3, 0.4) is 0 Å². The number of ketones is 2. The Hall–Kier alpha value is -5.25. The lowest BCUT2D eigenvalue weighted by atomic mass is 9.85. The molecule has 0 saturated heterocycles. The van der Waals surface area contributed by atoms with Gasteiger partial charge in [0.1, 0.15) is 11.8 Å². The molecular weight excluding hydrogens is 670 g/mol. The van der Waals surface area contributed by atoms with Crippen LogP contribution in [0.2, 0.25) is 0 Å². The number of fused-ring (bicyclic) bond motifs is 2. The molecule has 52 heavy (non-hydrogen) atoms. The molecule has 15 nitrogen and oxygen atoms in total. The monoisotopic (exact) mass is 717 g/mol. The highest BCUT2D eigenvalue weighted by molar-refractivity contribution is 6.23. The Kier molecular flexibility index (Phi) is 13.9. The van der Waals surface area contributed by atoms with Crippen LogP contribution in [0.5, 0.6) is 0 Å². The van der Waals surface area contributed by atoms with E-state index in [-0.39, 0.29) is 41.4 Å². The SMILES string of the molecule is CO[C@H]1/C=C\C=C(/C)C(=O)NC2=CC(=O)C(NCCn3cc(-c4ccccn4)nn3)=C(C[C@@H](C)C[C@H](OC)[C@H](O)[C@@H](C)/C=C(\C)[C@@H]1OC(N)=O)C2=O. The molecule has 0 unspecified atom stereocenters. The number of nitrogens with one attached hydrogen (secondary N) is 2. The third-order valence-corrected chi connectivity index (χ3v) is 8.90. The van der Waals surface area contributed by atoms with E-state index < -0.39 is 53.9 Å². The van der Waals surface area contributed by atoms with Gasteiger partial charge in [-0.2, -0.15) is 0 Å². The lowest BCUT2D eigenvalue weighted by Crippen LogP contribution is -2.38. The van der Waals surface area contributed by atoms with E-state index in [0.717, 1.165) is 6.08 Å². The molecular formula is C37H47N7O8. The number of pyridine rings is 1. The van der Waals surface area contributed by atoms with E-state index in [9.17, 15) is 24.3 Å². The number of Topliss-reactive ketones (excluding diaryl/α,β-unsaturated/α-hetero) is 1. The molecule has 3 heterocycles. The van der Waals surface area contributed by atoms with Gasteiger partial charge in [0.05, 0.1) is 42.0 Å². The molecule has 0 aromatic carbocycles. The van der Waals surface area contributed by atoms with Gasteiger partial charge in [-0.1, -0.05) is 49.4 Å². The van der Waals surface area contributed by atoms with Crippen molar-refractivity contribution in [2.45, 2.75) is 71.5 Å². The number of carbonyl (C=O) groups is 4. The summed E-state index contributed by atoms with van der Waals surface area (Å²) in [5.74, 6) is -2.31. The second kappa shape index (κ2) is 18.3. The summed E-state index contributed by atoms with van der Waals surface area (Å²) in [6, 6.07) is 5.48. The van der Waals surface area contributed by atoms with Crippen molar-refractivity contribution in [2.24, 2.45) is 17.6 Å². The Balaban J connectivity index is 1.65. The molecule has 4 rings (SSSR count). The number of ether oxygens (including phenoxy) is 3. The van der Waals surface area contributed by atoms with Crippen molar-refractivity contribution in [1.82, 2.24) is 30.6 Å². The van der Waals surface area contributed by atoms with Gasteiger partial charge in [0, 0.05) is 50.1 Å². The highest BCUT2D eigenvalue weighted by atomic mass is 16.6. The number of methoxy groups -OCH3 is 2. The van der Waals surface area contributed by atoms with E-state index in [4.69, 9.17) is 19.9 Å². The van der Waals surface area contributed by atoms with E-state index in [1.54, 1.807) is 62.1 Å². The van der Waals surface area contributed by atoms with Gasteiger partial charge in [-0.3, -0.25) is 24.0 Å². The number of nitrogens with two attached hydrogens (primary N) is 1. The Labute approximate surface area is 302 Å². The molecule has 1 aliphatic carbocycles. The molecule has 1 aliphatic heterocycles. The van der Waals surface area contributed by atoms with E-state index in [0.29, 0.717) is 29.9 Å². The third kappa shape index (κ3) is 10.2. The fraction of sp³-hybridized carbons (Fsp3) is 0.432. The predicted octanol–water partition coefficient (Wildman–Crippen LogP) is 2.71. The fourth-order valence-corrected chi connectivity index (χ4v) is 6.11. The zero-order chi connectivity index (χ0) is 37.9. The number of primary amides is 1. The molecule has 2 amide bonds. The van der Waals surface area contributed by atoms with Crippen LogP contribution in [0.4, 0.5) is 4.79 Å². The first-order chi connectivity index (χ1) is 24.8. The third-order valence-electron chi connectivity index (χ3n) is 8.90. The zero-order valence-electron chi connectivity index (χ0n) is 30.2. The van der Waals surface area contributed by atoms with Crippen LogP contribution in [0, 0.1) is 11.8 Å². The first-order valence-corrected chi connectivity index (χ1v) is 17.0. The second-order valence-corrected chi connectivity index (χ2v) is 12.9. The second-order valence-electron chi connectivity index (χ2n) is 12.9. The first kappa shape index (κ1) is 39.5. The largest absolute Gasteiger partial charge is 0.439 e. The summed E-state index contributed by atoms with van der Waals surface area (Å²) in [6.07, 6.45) is 6.96. The summed E-state index contributed by atoms with van der Waals surface area (Å²) in [5, 5.41) is 25.4. The molecule has 0 fully saturated rings. The van der Waals surface area contributed by atoms with Crippen molar-refractivity contribution in [3.8, 4) is 11.4 Å². The fourth-order valence-electron chi connectivity index (χ4n) is 6.11. The summed E-state index contributed by atoms with van der Waals surface area (Å²) in [6.45, 7) is 7.54. The van der Waals surface area contributed by atoms with Gasteiger partial charge in [-0.15, -0.1) is 5.10 Å². The molecule has 5 N–H and O–H groups in total. The number of rotatable bonds is 8. The van der Waals surface area contributed by atoms with Crippen LogP contribution in [-0.2, 0) is 35.1 Å². The van der Waals surface area contributed by atoms with E-state index in [1.165, 1.54) is 20.3 Å². The molecule has 0 saturated carbocycles. The minimum Gasteiger partial charge on any atom is -0.439 e. The predicted molar refractivity (Wildman–Crippen MR) is 191 cm³/mol. The highest BCUT2D eigenvalue weighted by Crippen LogP contribution is 2.29. The van der Waals surface area contributed by atoms with Gasteiger partial charge >= 0.3 is 6.09 Å². The molecule has 2 aliphatic rings. The molecule has 6 atom stereocenters. The van der Waals surface area contributed by atoms with Crippen molar-refractivity contribution in [3.05, 3.63) is 89.1 Å². The van der Waals surface area contributed by atoms with Crippen molar-refractivity contribution in [2.75, 3.05) is 20.8 Å². The van der Waals surface area contributed by atoms with Gasteiger partial charge in [-0.05, 0) is 50.3 Å². The summed E-state index contributed by atoms with van der Waals surface area (Å²) in [5.41, 5.74) is 7.61. The summed E-state index contributed by atoms with van der Waals surface area (Å²) in [7, 11) is 2.92. The Bertz CT molecular complexity index is 1780. The average Bonchev–Trinajstić information content (AvgIpc) is 3.60. The Morgan fingerprint density at radius 3 is 2.58 bits per heavy atom. The van der Waals surface area contributed by atoms with Crippen molar-refractivity contribution >= 4 is 23.6 Å². The van der Waals surface area contributed by atoms with Gasteiger partial charge in [0.15, 0.2) is 6.10 Å². The van der Waals surface area contributed by atoms with Crippen molar-refractivity contribution in [1.29, 1.82) is 0 Å². The quantitative estimate of drug-likeness (QED) is 0.230. The summed E-state index contributed by atoms with van der Waals surface area (Å²) in [4.78, 5) is 56.9. The number of aliphatic hydroxyl groups is 1. The molecule has 0 radical (unpaired) electrons. The van der Waals surface area contributed by atoms with Crippen LogP contribution < -0.4 is 16.4 Å². The topological polar surface area (TPSA) is 210 Å². The van der Waals surface area contributed by atoms with Gasteiger partial charge < -0.3 is 35.7 Å². The lowest BCUT2D eigenvalue weighted by molar-refractivity contribution is -0.120. The Morgan fingerprint density at radius 1 is 1.13 bits per heavy atom. The number of hydrogen-bond donors (Lipinski definition) is 4. The number of amides is 2. The number of carbonyl (C=O) groups excluding carboxylic acids is 4. The number of aliphatic hydroxyl groups excluding tert-OH is 1. The highest BCUT2D eigenvalue weighted by Gasteiger charge is 2.33. The minimum atomic E-state index is -1.01. The minimum absolute atomic E-state index is 0.119. The maximum absolute atomic E-state index is 14.0. The molecule has 15 heteroatoms. The van der Waals surface area contributed by atoms with Gasteiger partial charge in [0.25, 0.3) is 5.91 Å².